The molecule has 0 aliphatic heterocycles. The summed E-state index contributed by atoms with van der Waals surface area (Å²) in [5, 5.41) is 6.39. The molecule has 0 saturated carbocycles. The quantitative estimate of drug-likeness (QED) is 0.521. The molecule has 0 fully saturated rings. The first-order valence-corrected chi connectivity index (χ1v) is 8.67. The molecule has 1 amide bonds. The van der Waals surface area contributed by atoms with E-state index in [-0.39, 0.29) is 12.3 Å². The molecule has 0 saturated heterocycles. The van der Waals surface area contributed by atoms with E-state index in [4.69, 9.17) is 16.0 Å². The van der Waals surface area contributed by atoms with Gasteiger partial charge in [-0.1, -0.05) is 35.9 Å². The molecule has 0 radical (unpaired) electrons. The maximum absolute atomic E-state index is 12.2. The van der Waals surface area contributed by atoms with Gasteiger partial charge in [0.25, 0.3) is 6.01 Å². The summed E-state index contributed by atoms with van der Waals surface area (Å²) in [7, 11) is 0. The maximum Gasteiger partial charge on any atom is 0.300 e. The minimum Gasteiger partial charge on any atom is -0.423 e. The lowest BCUT2D eigenvalue weighted by molar-refractivity contribution is -0.115. The molecule has 0 unspecified atom stereocenters. The lowest BCUT2D eigenvalue weighted by atomic mass is 10.1. The summed E-state index contributed by atoms with van der Waals surface area (Å²) in [4.78, 5) is 20.6. The van der Waals surface area contributed by atoms with E-state index in [1.54, 1.807) is 30.5 Å². The zero-order chi connectivity index (χ0) is 18.6. The molecule has 0 bridgehead atoms. The molecular weight excluding hydrogens is 364 g/mol. The Bertz CT molecular complexity index is 1100. The van der Waals surface area contributed by atoms with Crippen molar-refractivity contribution in [3.8, 4) is 0 Å². The first-order valence-electron chi connectivity index (χ1n) is 8.29. The highest BCUT2D eigenvalue weighted by molar-refractivity contribution is 6.33. The largest absolute Gasteiger partial charge is 0.423 e. The number of hydrogen-bond donors (Lipinski definition) is 2. The van der Waals surface area contributed by atoms with E-state index in [9.17, 15) is 4.79 Å². The molecule has 2 aromatic heterocycles. The zero-order valence-electron chi connectivity index (χ0n) is 14.1. The second kappa shape index (κ2) is 7.47. The molecule has 7 heteroatoms. The number of fused-ring (bicyclic) bond motifs is 1. The minimum atomic E-state index is -0.151. The van der Waals surface area contributed by atoms with Gasteiger partial charge >= 0.3 is 0 Å². The average Bonchev–Trinajstić information content (AvgIpc) is 3.06. The normalized spacial score (nSPS) is 10.7. The Labute approximate surface area is 160 Å². The van der Waals surface area contributed by atoms with E-state index in [0.717, 1.165) is 5.56 Å². The Balaban J connectivity index is 1.49. The number of nitrogens with zero attached hydrogens (tertiary/aromatic N) is 2. The zero-order valence-corrected chi connectivity index (χ0v) is 14.9. The molecule has 4 aromatic rings. The number of hydrogen-bond acceptors (Lipinski definition) is 5. The van der Waals surface area contributed by atoms with Gasteiger partial charge < -0.3 is 15.1 Å². The van der Waals surface area contributed by atoms with Crippen molar-refractivity contribution in [2.75, 3.05) is 10.6 Å². The van der Waals surface area contributed by atoms with Gasteiger partial charge in [0, 0.05) is 6.20 Å². The van der Waals surface area contributed by atoms with E-state index in [0.29, 0.717) is 33.6 Å². The molecule has 134 valence electrons. The van der Waals surface area contributed by atoms with Crippen LogP contribution in [-0.4, -0.2) is 15.9 Å². The predicted octanol–water partition coefficient (Wildman–Crippen LogP) is 4.80. The third kappa shape index (κ3) is 4.07. The van der Waals surface area contributed by atoms with Crippen LogP contribution in [0.2, 0.25) is 5.02 Å². The van der Waals surface area contributed by atoms with Crippen LogP contribution in [0.1, 0.15) is 5.56 Å². The number of halogens is 1. The fraction of sp³-hybridized carbons (Fsp3) is 0.0500. The number of carbonyl (C=O) groups excluding carboxylic acids is 1. The van der Waals surface area contributed by atoms with E-state index >= 15 is 0 Å². The highest BCUT2D eigenvalue weighted by Crippen LogP contribution is 2.27. The van der Waals surface area contributed by atoms with E-state index in [2.05, 4.69) is 20.6 Å². The Morgan fingerprint density at radius 1 is 1.07 bits per heavy atom. The van der Waals surface area contributed by atoms with Gasteiger partial charge in [0.2, 0.25) is 5.91 Å². The molecule has 2 aromatic carbocycles. The van der Waals surface area contributed by atoms with Crippen molar-refractivity contribution in [1.29, 1.82) is 0 Å². The fourth-order valence-corrected chi connectivity index (χ4v) is 2.80. The number of pyridine rings is 1. The topological polar surface area (TPSA) is 80.0 Å². The molecule has 2 heterocycles. The summed E-state index contributed by atoms with van der Waals surface area (Å²) in [5.41, 5.74) is 2.81. The van der Waals surface area contributed by atoms with E-state index in [1.807, 2.05) is 36.4 Å². The number of carbonyl (C=O) groups is 1. The van der Waals surface area contributed by atoms with Gasteiger partial charge in [-0.25, -0.2) is 4.98 Å². The highest BCUT2D eigenvalue weighted by Gasteiger charge is 2.10. The second-order valence-electron chi connectivity index (χ2n) is 5.87. The molecule has 6 nitrogen and oxygen atoms in total. The van der Waals surface area contributed by atoms with Crippen LogP contribution in [0.5, 0.6) is 0 Å². The van der Waals surface area contributed by atoms with Crippen LogP contribution < -0.4 is 10.6 Å². The first kappa shape index (κ1) is 17.1. The van der Waals surface area contributed by atoms with Crippen molar-refractivity contribution >= 4 is 46.1 Å². The van der Waals surface area contributed by atoms with Crippen LogP contribution >= 0.6 is 11.6 Å². The van der Waals surface area contributed by atoms with Gasteiger partial charge in [0.15, 0.2) is 5.58 Å². The molecule has 0 aliphatic carbocycles. The lowest BCUT2D eigenvalue weighted by Gasteiger charge is -2.04. The number of benzene rings is 2. The monoisotopic (exact) mass is 378 g/mol. The summed E-state index contributed by atoms with van der Waals surface area (Å²) < 4.78 is 5.74. The number of anilines is 3. The number of amides is 1. The van der Waals surface area contributed by atoms with Crippen LogP contribution in [0.15, 0.2) is 71.3 Å². The van der Waals surface area contributed by atoms with Crippen LogP contribution in [0.25, 0.3) is 11.1 Å². The lowest BCUT2D eigenvalue weighted by Crippen LogP contribution is -2.15. The summed E-state index contributed by atoms with van der Waals surface area (Å²) in [6.07, 6.45) is 1.84. The number of aromatic nitrogens is 2. The van der Waals surface area contributed by atoms with Gasteiger partial charge in [-0.2, -0.15) is 4.98 Å². The van der Waals surface area contributed by atoms with Gasteiger partial charge in [0.05, 0.1) is 17.1 Å². The van der Waals surface area contributed by atoms with Gasteiger partial charge in [-0.05, 0) is 42.0 Å². The van der Waals surface area contributed by atoms with Crippen molar-refractivity contribution in [3.05, 3.63) is 77.4 Å². The minimum absolute atomic E-state index is 0.151. The van der Waals surface area contributed by atoms with Crippen molar-refractivity contribution in [2.24, 2.45) is 0 Å². The SMILES string of the molecule is O=C(Cc1ccc2nc(Nc3ccccc3Cl)oc2c1)Nc1ccccn1. The van der Waals surface area contributed by atoms with E-state index < -0.39 is 0 Å². The standard InChI is InChI=1S/C20H15ClN4O2/c21-14-5-1-2-6-15(14)23-20-24-16-9-8-13(11-17(16)27-20)12-19(26)25-18-7-3-4-10-22-18/h1-11H,12H2,(H,23,24)(H,22,25,26). The predicted molar refractivity (Wildman–Crippen MR) is 105 cm³/mol. The number of rotatable bonds is 5. The van der Waals surface area contributed by atoms with Crippen LogP contribution in [0.3, 0.4) is 0 Å². The first-order chi connectivity index (χ1) is 13.2. The van der Waals surface area contributed by atoms with Gasteiger partial charge in [-0.3, -0.25) is 4.79 Å². The van der Waals surface area contributed by atoms with Crippen molar-refractivity contribution in [2.45, 2.75) is 6.42 Å². The van der Waals surface area contributed by atoms with Gasteiger partial charge in [0.1, 0.15) is 11.3 Å². The third-order valence-corrected chi connectivity index (χ3v) is 4.19. The Morgan fingerprint density at radius 3 is 2.74 bits per heavy atom. The molecule has 0 spiro atoms. The van der Waals surface area contributed by atoms with Crippen molar-refractivity contribution in [1.82, 2.24) is 9.97 Å². The van der Waals surface area contributed by atoms with Crippen LogP contribution in [-0.2, 0) is 11.2 Å². The average molecular weight is 379 g/mol. The summed E-state index contributed by atoms with van der Waals surface area (Å²) in [5.74, 6) is 0.372. The molecule has 0 atom stereocenters. The molecule has 27 heavy (non-hydrogen) atoms. The maximum atomic E-state index is 12.2. The Morgan fingerprint density at radius 2 is 1.93 bits per heavy atom. The number of para-hydroxylation sites is 1. The number of oxazole rings is 1. The van der Waals surface area contributed by atoms with Crippen molar-refractivity contribution in [3.63, 3.8) is 0 Å². The molecule has 0 aliphatic rings. The van der Waals surface area contributed by atoms with Crippen LogP contribution in [0, 0.1) is 0 Å². The molecule has 4 rings (SSSR count). The molecular formula is C20H15ClN4O2. The summed E-state index contributed by atoms with van der Waals surface area (Å²) in [6.45, 7) is 0. The second-order valence-corrected chi connectivity index (χ2v) is 6.27. The number of nitrogens with one attached hydrogen (secondary N) is 2. The Hall–Kier alpha value is -3.38. The van der Waals surface area contributed by atoms with Gasteiger partial charge in [-0.15, -0.1) is 0 Å². The van der Waals surface area contributed by atoms with Crippen LogP contribution in [0.4, 0.5) is 17.5 Å². The fourth-order valence-electron chi connectivity index (χ4n) is 2.62. The Kier molecular flexibility index (Phi) is 4.72. The van der Waals surface area contributed by atoms with E-state index in [1.165, 1.54) is 0 Å². The smallest absolute Gasteiger partial charge is 0.300 e. The highest BCUT2D eigenvalue weighted by atomic mass is 35.5. The summed E-state index contributed by atoms with van der Waals surface area (Å²) >= 11 is 6.14. The van der Waals surface area contributed by atoms with Crippen molar-refractivity contribution < 1.29 is 9.21 Å². The third-order valence-electron chi connectivity index (χ3n) is 3.87. The molecule has 2 N–H and O–H groups in total. The summed E-state index contributed by atoms with van der Waals surface area (Å²) in [6, 6.07) is 18.5.